The van der Waals surface area contributed by atoms with E-state index in [1.807, 2.05) is 6.07 Å². The van der Waals surface area contributed by atoms with Gasteiger partial charge in [0.25, 0.3) is 5.91 Å². The van der Waals surface area contributed by atoms with Crippen molar-refractivity contribution < 1.29 is 14.3 Å². The average Bonchev–Trinajstić information content (AvgIpc) is 2.61. The third-order valence-corrected chi connectivity index (χ3v) is 3.88. The van der Waals surface area contributed by atoms with Crippen LogP contribution in [-0.4, -0.2) is 25.0 Å². The summed E-state index contributed by atoms with van der Waals surface area (Å²) in [6.07, 6.45) is 0.196. The SMILES string of the molecule is COc1ccc(C[C@@H](NC(=O)c2ccc(C#N)cc2)C(N)=O)cc1Cl. The second-order valence-electron chi connectivity index (χ2n) is 5.29. The Kier molecular flexibility index (Phi) is 5.98. The molecule has 0 unspecified atom stereocenters. The van der Waals surface area contributed by atoms with Crippen molar-refractivity contribution in [1.82, 2.24) is 5.32 Å². The standard InChI is InChI=1S/C18H16ClN3O3/c1-25-16-7-4-12(8-14(16)19)9-15(17(21)23)22-18(24)13-5-2-11(10-20)3-6-13/h2-8,15H,9H2,1H3,(H2,21,23)(H,22,24)/t15-/m1/s1. The van der Waals surface area contributed by atoms with E-state index in [-0.39, 0.29) is 6.42 Å². The van der Waals surface area contributed by atoms with E-state index in [1.54, 1.807) is 18.2 Å². The first-order valence-corrected chi connectivity index (χ1v) is 7.75. The summed E-state index contributed by atoms with van der Waals surface area (Å²) in [5, 5.41) is 11.8. The van der Waals surface area contributed by atoms with Gasteiger partial charge in [-0.3, -0.25) is 9.59 Å². The van der Waals surface area contributed by atoms with Crippen LogP contribution in [0.2, 0.25) is 5.02 Å². The molecule has 0 aromatic heterocycles. The molecule has 0 fully saturated rings. The first kappa shape index (κ1) is 18.3. The topological polar surface area (TPSA) is 105 Å². The van der Waals surface area contributed by atoms with Gasteiger partial charge in [0, 0.05) is 12.0 Å². The highest BCUT2D eigenvalue weighted by Gasteiger charge is 2.20. The van der Waals surface area contributed by atoms with Gasteiger partial charge in [0.05, 0.1) is 23.8 Å². The maximum atomic E-state index is 12.3. The Hall–Kier alpha value is -3.04. The van der Waals surface area contributed by atoms with Crippen LogP contribution >= 0.6 is 11.6 Å². The molecule has 128 valence electrons. The van der Waals surface area contributed by atoms with Gasteiger partial charge in [-0.15, -0.1) is 0 Å². The van der Waals surface area contributed by atoms with Gasteiger partial charge >= 0.3 is 0 Å². The number of primary amides is 1. The molecule has 0 saturated carbocycles. The fourth-order valence-corrected chi connectivity index (χ4v) is 2.51. The molecule has 2 aromatic rings. The van der Waals surface area contributed by atoms with Crippen molar-refractivity contribution in [1.29, 1.82) is 5.26 Å². The summed E-state index contributed by atoms with van der Waals surface area (Å²) in [6, 6.07) is 12.2. The lowest BCUT2D eigenvalue weighted by atomic mass is 10.0. The van der Waals surface area contributed by atoms with E-state index in [0.717, 1.165) is 5.56 Å². The Balaban J connectivity index is 2.12. The van der Waals surface area contributed by atoms with Gasteiger partial charge in [0.15, 0.2) is 0 Å². The predicted molar refractivity (Wildman–Crippen MR) is 93.3 cm³/mol. The second-order valence-corrected chi connectivity index (χ2v) is 5.70. The van der Waals surface area contributed by atoms with E-state index in [9.17, 15) is 9.59 Å². The summed E-state index contributed by atoms with van der Waals surface area (Å²) in [5.74, 6) is -0.593. The minimum Gasteiger partial charge on any atom is -0.495 e. The summed E-state index contributed by atoms with van der Waals surface area (Å²) in [7, 11) is 1.50. The van der Waals surface area contributed by atoms with Crippen molar-refractivity contribution in [3.05, 3.63) is 64.2 Å². The number of rotatable bonds is 6. The number of carbonyl (C=O) groups is 2. The van der Waals surface area contributed by atoms with E-state index in [2.05, 4.69) is 5.32 Å². The van der Waals surface area contributed by atoms with Crippen LogP contribution in [0.3, 0.4) is 0 Å². The van der Waals surface area contributed by atoms with Gasteiger partial charge in [0.2, 0.25) is 5.91 Å². The lowest BCUT2D eigenvalue weighted by molar-refractivity contribution is -0.119. The Bertz CT molecular complexity index is 828. The van der Waals surface area contributed by atoms with Crippen LogP contribution in [0.1, 0.15) is 21.5 Å². The highest BCUT2D eigenvalue weighted by molar-refractivity contribution is 6.32. The molecule has 0 radical (unpaired) electrons. The number of halogens is 1. The van der Waals surface area contributed by atoms with E-state index in [1.165, 1.54) is 31.4 Å². The number of hydrogen-bond acceptors (Lipinski definition) is 4. The van der Waals surface area contributed by atoms with Gasteiger partial charge in [0.1, 0.15) is 11.8 Å². The lowest BCUT2D eigenvalue weighted by Gasteiger charge is -2.16. The number of carbonyl (C=O) groups excluding carboxylic acids is 2. The van der Waals surface area contributed by atoms with E-state index < -0.39 is 17.9 Å². The second kappa shape index (κ2) is 8.18. The Morgan fingerprint density at radius 1 is 1.28 bits per heavy atom. The minimum atomic E-state index is -0.896. The average molecular weight is 358 g/mol. The molecule has 2 aromatic carbocycles. The van der Waals surface area contributed by atoms with Crippen LogP contribution in [0.25, 0.3) is 0 Å². The first-order chi connectivity index (χ1) is 11.9. The molecule has 7 heteroatoms. The van der Waals surface area contributed by atoms with Crippen molar-refractivity contribution in [2.45, 2.75) is 12.5 Å². The van der Waals surface area contributed by atoms with Gasteiger partial charge in [-0.2, -0.15) is 5.26 Å². The zero-order valence-corrected chi connectivity index (χ0v) is 14.2. The van der Waals surface area contributed by atoms with E-state index >= 15 is 0 Å². The molecule has 0 bridgehead atoms. The molecule has 1 atom stereocenters. The molecule has 0 spiro atoms. The molecule has 2 amide bonds. The van der Waals surface area contributed by atoms with Crippen LogP contribution in [0.5, 0.6) is 5.75 Å². The third kappa shape index (κ3) is 4.72. The number of methoxy groups -OCH3 is 1. The number of benzene rings is 2. The zero-order chi connectivity index (χ0) is 18.4. The largest absolute Gasteiger partial charge is 0.495 e. The summed E-state index contributed by atoms with van der Waals surface area (Å²) in [4.78, 5) is 24.0. The van der Waals surface area contributed by atoms with Crippen LogP contribution < -0.4 is 15.8 Å². The highest BCUT2D eigenvalue weighted by atomic mass is 35.5. The molecule has 0 aliphatic heterocycles. The zero-order valence-electron chi connectivity index (χ0n) is 13.5. The van der Waals surface area contributed by atoms with Crippen LogP contribution in [-0.2, 0) is 11.2 Å². The molecule has 25 heavy (non-hydrogen) atoms. The Labute approximate surface area is 150 Å². The van der Waals surface area contributed by atoms with Gasteiger partial charge in [-0.1, -0.05) is 17.7 Å². The molecule has 0 aliphatic rings. The van der Waals surface area contributed by atoms with Gasteiger partial charge < -0.3 is 15.8 Å². The molecule has 3 N–H and O–H groups in total. The number of amides is 2. The maximum Gasteiger partial charge on any atom is 0.251 e. The first-order valence-electron chi connectivity index (χ1n) is 7.37. The van der Waals surface area contributed by atoms with Gasteiger partial charge in [-0.05, 0) is 42.0 Å². The van der Waals surface area contributed by atoms with Crippen molar-refractivity contribution >= 4 is 23.4 Å². The number of hydrogen-bond donors (Lipinski definition) is 2. The van der Waals surface area contributed by atoms with Gasteiger partial charge in [-0.25, -0.2) is 0 Å². The molecular formula is C18H16ClN3O3. The number of nitriles is 1. The molecular weight excluding hydrogens is 342 g/mol. The lowest BCUT2D eigenvalue weighted by Crippen LogP contribution is -2.45. The van der Waals surface area contributed by atoms with Crippen LogP contribution in [0.4, 0.5) is 0 Å². The van der Waals surface area contributed by atoms with Crippen molar-refractivity contribution in [3.63, 3.8) is 0 Å². The molecule has 6 nitrogen and oxygen atoms in total. The summed E-state index contributed by atoms with van der Waals surface area (Å²) < 4.78 is 5.08. The predicted octanol–water partition coefficient (Wildman–Crippen LogP) is 2.05. The number of nitrogens with one attached hydrogen (secondary N) is 1. The van der Waals surface area contributed by atoms with Crippen molar-refractivity contribution in [3.8, 4) is 11.8 Å². The minimum absolute atomic E-state index is 0.196. The number of nitrogens with two attached hydrogens (primary N) is 1. The summed E-state index contributed by atoms with van der Waals surface area (Å²) in [5.41, 5.74) is 6.90. The number of ether oxygens (including phenoxy) is 1. The van der Waals surface area contributed by atoms with Crippen LogP contribution in [0, 0.1) is 11.3 Å². The van der Waals surface area contributed by atoms with Crippen LogP contribution in [0.15, 0.2) is 42.5 Å². The fraction of sp³-hybridized carbons (Fsp3) is 0.167. The van der Waals surface area contributed by atoms with Crippen molar-refractivity contribution in [2.75, 3.05) is 7.11 Å². The summed E-state index contributed by atoms with van der Waals surface area (Å²) >= 11 is 6.07. The molecule has 0 aliphatic carbocycles. The van der Waals surface area contributed by atoms with Crippen molar-refractivity contribution in [2.24, 2.45) is 5.73 Å². The number of nitrogens with zero attached hydrogens (tertiary/aromatic N) is 1. The fourth-order valence-electron chi connectivity index (χ4n) is 2.23. The molecule has 2 rings (SSSR count). The highest BCUT2D eigenvalue weighted by Crippen LogP contribution is 2.25. The third-order valence-electron chi connectivity index (χ3n) is 3.58. The maximum absolute atomic E-state index is 12.3. The monoisotopic (exact) mass is 357 g/mol. The normalized spacial score (nSPS) is 11.2. The molecule has 0 saturated heterocycles. The summed E-state index contributed by atoms with van der Waals surface area (Å²) in [6.45, 7) is 0. The smallest absolute Gasteiger partial charge is 0.251 e. The van der Waals surface area contributed by atoms with E-state index in [0.29, 0.717) is 21.9 Å². The Morgan fingerprint density at radius 2 is 1.96 bits per heavy atom. The van der Waals surface area contributed by atoms with E-state index in [4.69, 9.17) is 27.3 Å². The Morgan fingerprint density at radius 3 is 2.48 bits per heavy atom. The molecule has 0 heterocycles. The quantitative estimate of drug-likeness (QED) is 0.825.